The molecule has 0 saturated carbocycles. The molecule has 0 rings (SSSR count). The summed E-state index contributed by atoms with van der Waals surface area (Å²) in [4.78, 5) is 19.5. The fourth-order valence-corrected chi connectivity index (χ4v) is 0.262. The quantitative estimate of drug-likeness (QED) is 0.183. The summed E-state index contributed by atoms with van der Waals surface area (Å²) in [6, 6.07) is 0. The minimum absolute atomic E-state index is 0. The number of carbonyl (C=O) groups excluding carboxylic acids is 1. The summed E-state index contributed by atoms with van der Waals surface area (Å²) < 4.78 is 28.5. The molecule has 0 aromatic carbocycles. The van der Waals surface area contributed by atoms with Gasteiger partial charge in [0.1, 0.15) is 6.61 Å². The average Bonchev–Trinajstić information content (AvgIpc) is 2.25. The SMILES string of the molecule is C=CC(=O)O.C=CC(=O)OCC(C)O.O=S([O-])O.[NH4+].[Na+]. The van der Waals surface area contributed by atoms with Crippen molar-refractivity contribution < 1.29 is 67.4 Å². The predicted molar refractivity (Wildman–Crippen MR) is 68.2 cm³/mol. The monoisotopic (exact) mass is 324 g/mol. The maximum Gasteiger partial charge on any atom is 1.00 e. The van der Waals surface area contributed by atoms with Crippen LogP contribution in [0.5, 0.6) is 0 Å². The Morgan fingerprint density at radius 2 is 1.70 bits per heavy atom. The van der Waals surface area contributed by atoms with Gasteiger partial charge in [0, 0.05) is 12.2 Å². The van der Waals surface area contributed by atoms with Crippen LogP contribution in [0.3, 0.4) is 0 Å². The molecule has 20 heavy (non-hydrogen) atoms. The normalized spacial score (nSPS) is 10.2. The van der Waals surface area contributed by atoms with Crippen LogP contribution in [0.1, 0.15) is 6.92 Å². The molecule has 0 radical (unpaired) electrons. The van der Waals surface area contributed by atoms with E-state index in [0.717, 1.165) is 12.2 Å². The Hall–Kier alpha value is -0.590. The van der Waals surface area contributed by atoms with Crippen molar-refractivity contribution in [1.82, 2.24) is 6.15 Å². The number of carbonyl (C=O) groups is 2. The molecule has 0 aliphatic rings. The third kappa shape index (κ3) is 66.3. The molecule has 2 unspecified atom stereocenters. The molecule has 0 saturated heterocycles. The van der Waals surface area contributed by atoms with Crippen molar-refractivity contribution >= 4 is 23.3 Å². The zero-order chi connectivity index (χ0) is 15.1. The van der Waals surface area contributed by atoms with Crippen molar-refractivity contribution in [1.29, 1.82) is 0 Å². The Morgan fingerprint density at radius 1 is 1.40 bits per heavy atom. The van der Waals surface area contributed by atoms with Crippen LogP contribution < -0.4 is 35.7 Å². The van der Waals surface area contributed by atoms with Crippen LogP contribution in [0, 0.1) is 0 Å². The molecular formula is C9H19NNaO8S+. The fourth-order valence-electron chi connectivity index (χ4n) is 0.262. The van der Waals surface area contributed by atoms with Crippen molar-refractivity contribution in [3.63, 3.8) is 0 Å². The average molecular weight is 324 g/mol. The number of aliphatic hydroxyl groups is 1. The minimum atomic E-state index is -2.86. The zero-order valence-electron chi connectivity index (χ0n) is 11.6. The number of esters is 1. The van der Waals surface area contributed by atoms with E-state index in [1.165, 1.54) is 6.92 Å². The molecule has 7 N–H and O–H groups in total. The van der Waals surface area contributed by atoms with Crippen molar-refractivity contribution in [2.75, 3.05) is 6.61 Å². The van der Waals surface area contributed by atoms with E-state index >= 15 is 0 Å². The van der Waals surface area contributed by atoms with Gasteiger partial charge in [0.2, 0.25) is 0 Å². The first-order valence-corrected chi connectivity index (χ1v) is 5.31. The first kappa shape index (κ1) is 31.7. The van der Waals surface area contributed by atoms with Crippen LogP contribution in [0.25, 0.3) is 0 Å². The number of aliphatic hydroxyl groups excluding tert-OH is 1. The number of carboxylic acid groups (broad SMARTS) is 1. The maximum atomic E-state index is 10.3. The van der Waals surface area contributed by atoms with Crippen molar-refractivity contribution in [3.8, 4) is 0 Å². The molecule has 114 valence electrons. The van der Waals surface area contributed by atoms with Crippen LogP contribution in [-0.2, 0) is 25.7 Å². The summed E-state index contributed by atoms with van der Waals surface area (Å²) in [6.07, 6.45) is 1.29. The minimum Gasteiger partial charge on any atom is -0.750 e. The number of rotatable bonds is 4. The van der Waals surface area contributed by atoms with Gasteiger partial charge in [0.05, 0.1) is 17.5 Å². The molecule has 0 fully saturated rings. The molecule has 2 atom stereocenters. The summed E-state index contributed by atoms with van der Waals surface area (Å²) in [5.41, 5.74) is 0. The summed E-state index contributed by atoms with van der Waals surface area (Å²) in [7, 11) is 0. The van der Waals surface area contributed by atoms with Gasteiger partial charge in [-0.1, -0.05) is 13.2 Å². The molecule has 0 aliphatic carbocycles. The molecular weight excluding hydrogens is 305 g/mol. The standard InChI is InChI=1S/C6H10O3.C3H4O2.H3N.Na.H2O3S/c1-3-6(8)9-4-5(2)7;1-2-3(4)5;;;1-4(2)3/h3,5,7H,1,4H2,2H3;2H,1H2,(H,4,5);1H3;;(H2,1,2,3)/q;;;+1;. The molecule has 9 nitrogen and oxygen atoms in total. The largest absolute Gasteiger partial charge is 1.00 e. The van der Waals surface area contributed by atoms with E-state index in [1.807, 2.05) is 0 Å². The number of carboxylic acids is 1. The van der Waals surface area contributed by atoms with Crippen LogP contribution in [-0.4, -0.2) is 48.2 Å². The van der Waals surface area contributed by atoms with Gasteiger partial charge >= 0.3 is 41.5 Å². The second kappa shape index (κ2) is 23.5. The second-order valence-corrected chi connectivity index (χ2v) is 2.88. The van der Waals surface area contributed by atoms with Gasteiger partial charge in [0.15, 0.2) is 0 Å². The molecule has 0 aromatic heterocycles. The summed E-state index contributed by atoms with van der Waals surface area (Å²) >= 11 is -2.86. The third-order valence-corrected chi connectivity index (χ3v) is 0.808. The van der Waals surface area contributed by atoms with E-state index < -0.39 is 29.4 Å². The summed E-state index contributed by atoms with van der Waals surface area (Å²) in [6.45, 7) is 7.71. The van der Waals surface area contributed by atoms with Crippen LogP contribution in [0.2, 0.25) is 0 Å². The van der Waals surface area contributed by atoms with E-state index in [0.29, 0.717) is 0 Å². The molecule has 11 heteroatoms. The Balaban J connectivity index is -0.0000000591. The second-order valence-electron chi connectivity index (χ2n) is 2.44. The van der Waals surface area contributed by atoms with Gasteiger partial charge in [-0.3, -0.25) is 0 Å². The Labute approximate surface area is 141 Å². The Bertz CT molecular complexity index is 294. The van der Waals surface area contributed by atoms with Crippen molar-refractivity contribution in [2.45, 2.75) is 13.0 Å². The number of aliphatic carboxylic acids is 1. The molecule has 0 spiro atoms. The molecule has 0 bridgehead atoms. The molecule has 0 heterocycles. The number of hydrogen-bond acceptors (Lipinski definition) is 6. The van der Waals surface area contributed by atoms with Gasteiger partial charge in [-0.2, -0.15) is 0 Å². The molecule has 0 amide bonds. The van der Waals surface area contributed by atoms with E-state index in [-0.39, 0.29) is 42.3 Å². The smallest absolute Gasteiger partial charge is 0.750 e. The van der Waals surface area contributed by atoms with Gasteiger partial charge in [0.25, 0.3) is 0 Å². The number of ether oxygens (including phenoxy) is 1. The zero-order valence-corrected chi connectivity index (χ0v) is 14.5. The Morgan fingerprint density at radius 3 is 1.85 bits per heavy atom. The van der Waals surface area contributed by atoms with Crippen molar-refractivity contribution in [3.05, 3.63) is 25.3 Å². The van der Waals surface area contributed by atoms with Gasteiger partial charge in [-0.25, -0.2) is 13.8 Å². The van der Waals surface area contributed by atoms with E-state index in [9.17, 15) is 9.59 Å². The molecule has 0 aromatic rings. The maximum absolute atomic E-state index is 10.3. The first-order valence-electron chi connectivity index (χ1n) is 4.28. The number of quaternary nitrogens is 1. The van der Waals surface area contributed by atoms with E-state index in [2.05, 4.69) is 17.9 Å². The van der Waals surface area contributed by atoms with E-state index in [4.69, 9.17) is 23.5 Å². The van der Waals surface area contributed by atoms with Gasteiger partial charge in [-0.15, -0.1) is 0 Å². The van der Waals surface area contributed by atoms with Crippen LogP contribution in [0.15, 0.2) is 25.3 Å². The van der Waals surface area contributed by atoms with Crippen LogP contribution in [0.4, 0.5) is 0 Å². The third-order valence-electron chi connectivity index (χ3n) is 0.808. The van der Waals surface area contributed by atoms with Gasteiger partial charge in [-0.05, 0) is 6.92 Å². The first-order chi connectivity index (χ1) is 8.17. The molecule has 0 aliphatic heterocycles. The van der Waals surface area contributed by atoms with Crippen LogP contribution >= 0.6 is 0 Å². The summed E-state index contributed by atoms with van der Waals surface area (Å²) in [5.74, 6) is -1.49. The Kier molecular flexibility index (Phi) is 37.2. The number of hydrogen-bond donors (Lipinski definition) is 4. The summed E-state index contributed by atoms with van der Waals surface area (Å²) in [5, 5.41) is 16.2. The van der Waals surface area contributed by atoms with Crippen molar-refractivity contribution in [2.24, 2.45) is 0 Å². The predicted octanol–water partition coefficient (Wildman–Crippen LogP) is -2.93. The topological polar surface area (TPSA) is 181 Å². The van der Waals surface area contributed by atoms with Gasteiger partial charge < -0.3 is 30.2 Å². The fraction of sp³-hybridized carbons (Fsp3) is 0.333. The van der Waals surface area contributed by atoms with E-state index in [1.54, 1.807) is 0 Å².